The molecule has 1 aliphatic carbocycles. The maximum atomic E-state index is 10.6. The Balaban J connectivity index is 0.000000810. The highest BCUT2D eigenvalue weighted by atomic mass is 35.5. The molecule has 60 valence electrons. The molecule has 0 radical (unpaired) electrons. The molecule has 10 heavy (non-hydrogen) atoms. The van der Waals surface area contributed by atoms with E-state index in [-0.39, 0.29) is 18.6 Å². The molecule has 0 aromatic heterocycles. The molecule has 1 aliphatic rings. The summed E-state index contributed by atoms with van der Waals surface area (Å²) in [6.07, 6.45) is 5.68. The summed E-state index contributed by atoms with van der Waals surface area (Å²) in [5.41, 5.74) is 0. The number of hydrogen-bond acceptors (Lipinski definition) is 1. The summed E-state index contributed by atoms with van der Waals surface area (Å²) in [4.78, 5) is 10.6. The van der Waals surface area contributed by atoms with E-state index >= 15 is 0 Å². The van der Waals surface area contributed by atoms with Crippen molar-refractivity contribution in [3.8, 4) is 0 Å². The lowest BCUT2D eigenvalue weighted by Crippen LogP contribution is -2.12. The predicted octanol–water partition coefficient (Wildman–Crippen LogP) is 2.97. The molecule has 1 rings (SSSR count). The maximum Gasteiger partial charge on any atom is 0.224 e. The third kappa shape index (κ3) is 2.70. The summed E-state index contributed by atoms with van der Waals surface area (Å²) in [5, 5.41) is -0.130. The van der Waals surface area contributed by atoms with Gasteiger partial charge in [-0.3, -0.25) is 4.79 Å². The maximum absolute atomic E-state index is 10.6. The molecular formula is C8H15ClO. The average molecular weight is 163 g/mol. The fraction of sp³-hybridized carbons (Fsp3) is 0.875. The van der Waals surface area contributed by atoms with Crippen molar-refractivity contribution < 1.29 is 4.79 Å². The minimum absolute atomic E-state index is 0. The van der Waals surface area contributed by atoms with Crippen LogP contribution in [0.5, 0.6) is 0 Å². The molecule has 0 spiro atoms. The zero-order valence-corrected chi connectivity index (χ0v) is 6.16. The van der Waals surface area contributed by atoms with E-state index in [1.54, 1.807) is 0 Å². The minimum Gasteiger partial charge on any atom is -0.281 e. The van der Waals surface area contributed by atoms with Crippen molar-refractivity contribution in [2.75, 3.05) is 0 Å². The Bertz CT molecular complexity index is 106. The van der Waals surface area contributed by atoms with Gasteiger partial charge in [0.1, 0.15) is 0 Å². The van der Waals surface area contributed by atoms with Crippen molar-refractivity contribution in [1.82, 2.24) is 0 Å². The first-order valence-electron chi connectivity index (χ1n) is 3.50. The Morgan fingerprint density at radius 3 is 2.00 bits per heavy atom. The van der Waals surface area contributed by atoms with Gasteiger partial charge in [0.05, 0.1) is 0 Å². The summed E-state index contributed by atoms with van der Waals surface area (Å²) < 4.78 is 0. The lowest BCUT2D eigenvalue weighted by molar-refractivity contribution is -0.115. The van der Waals surface area contributed by atoms with Crippen LogP contribution >= 0.6 is 11.6 Å². The third-order valence-corrected chi connectivity index (χ3v) is 2.23. The smallest absolute Gasteiger partial charge is 0.224 e. The van der Waals surface area contributed by atoms with Crippen molar-refractivity contribution in [2.24, 2.45) is 5.92 Å². The van der Waals surface area contributed by atoms with Crippen LogP contribution in [0.2, 0.25) is 0 Å². The van der Waals surface area contributed by atoms with Crippen LogP contribution in [0.3, 0.4) is 0 Å². The fourth-order valence-electron chi connectivity index (χ4n) is 1.33. The Morgan fingerprint density at radius 1 is 1.20 bits per heavy atom. The van der Waals surface area contributed by atoms with Crippen LogP contribution in [0, 0.1) is 5.92 Å². The summed E-state index contributed by atoms with van der Waals surface area (Å²) >= 11 is 5.32. The number of halogens is 1. The molecule has 0 amide bonds. The highest BCUT2D eigenvalue weighted by molar-refractivity contribution is 6.63. The first-order chi connectivity index (χ1) is 4.30. The second-order valence-corrected chi connectivity index (χ2v) is 3.01. The normalized spacial score (nSPS) is 19.7. The molecular weight excluding hydrogens is 148 g/mol. The van der Waals surface area contributed by atoms with Gasteiger partial charge < -0.3 is 0 Å². The van der Waals surface area contributed by atoms with Gasteiger partial charge in [0, 0.05) is 5.92 Å². The van der Waals surface area contributed by atoms with E-state index in [1.165, 1.54) is 19.3 Å². The molecule has 1 fully saturated rings. The van der Waals surface area contributed by atoms with Gasteiger partial charge in [-0.15, -0.1) is 0 Å². The molecule has 0 N–H and O–H groups in total. The predicted molar refractivity (Wildman–Crippen MR) is 44.2 cm³/mol. The van der Waals surface area contributed by atoms with Crippen LogP contribution in [-0.4, -0.2) is 5.24 Å². The Labute approximate surface area is 67.8 Å². The number of hydrogen-bond donors (Lipinski definition) is 0. The third-order valence-electron chi connectivity index (χ3n) is 1.93. The zero-order valence-electron chi connectivity index (χ0n) is 5.40. The molecule has 0 aliphatic heterocycles. The van der Waals surface area contributed by atoms with Crippen LogP contribution in [0.25, 0.3) is 0 Å². The Kier molecular flexibility index (Phi) is 4.71. The summed E-state index contributed by atoms with van der Waals surface area (Å²) in [6, 6.07) is 0. The van der Waals surface area contributed by atoms with Gasteiger partial charge in [0.15, 0.2) is 0 Å². The summed E-state index contributed by atoms with van der Waals surface area (Å²) in [7, 11) is 0. The van der Waals surface area contributed by atoms with Crippen molar-refractivity contribution in [1.29, 1.82) is 0 Å². The van der Waals surface area contributed by atoms with Gasteiger partial charge in [-0.05, 0) is 24.4 Å². The van der Waals surface area contributed by atoms with Crippen LogP contribution in [0.15, 0.2) is 0 Å². The first-order valence-corrected chi connectivity index (χ1v) is 3.88. The molecule has 0 aromatic rings. The molecule has 0 aromatic carbocycles. The lowest BCUT2D eigenvalue weighted by Gasteiger charge is -2.16. The van der Waals surface area contributed by atoms with Crippen LogP contribution in [0.1, 0.15) is 39.5 Å². The first kappa shape index (κ1) is 9.96. The van der Waals surface area contributed by atoms with Gasteiger partial charge in [-0.2, -0.15) is 0 Å². The SMILES string of the molecule is C.O=C(Cl)C1CCCCC1. The van der Waals surface area contributed by atoms with Gasteiger partial charge in [-0.1, -0.05) is 26.7 Å². The molecule has 0 bridgehead atoms. The number of rotatable bonds is 1. The molecule has 0 heterocycles. The van der Waals surface area contributed by atoms with Gasteiger partial charge in [0.2, 0.25) is 5.24 Å². The second kappa shape index (κ2) is 4.73. The molecule has 2 heteroatoms. The highest BCUT2D eigenvalue weighted by Crippen LogP contribution is 2.24. The molecule has 0 saturated heterocycles. The van der Waals surface area contributed by atoms with Crippen LogP contribution in [-0.2, 0) is 4.79 Å². The van der Waals surface area contributed by atoms with Crippen LogP contribution in [0.4, 0.5) is 0 Å². The van der Waals surface area contributed by atoms with Crippen molar-refractivity contribution in [2.45, 2.75) is 39.5 Å². The van der Waals surface area contributed by atoms with Crippen LogP contribution < -0.4 is 0 Å². The quantitative estimate of drug-likeness (QED) is 0.542. The topological polar surface area (TPSA) is 17.1 Å². The highest BCUT2D eigenvalue weighted by Gasteiger charge is 2.18. The van der Waals surface area contributed by atoms with Gasteiger partial charge >= 0.3 is 0 Å². The fourth-order valence-corrected chi connectivity index (χ4v) is 1.55. The molecule has 0 atom stereocenters. The van der Waals surface area contributed by atoms with E-state index in [1.807, 2.05) is 0 Å². The zero-order chi connectivity index (χ0) is 6.69. The average Bonchev–Trinajstić information content (AvgIpc) is 1.90. The monoisotopic (exact) mass is 162 g/mol. The van der Waals surface area contributed by atoms with E-state index in [9.17, 15) is 4.79 Å². The number of carbonyl (C=O) groups excluding carboxylic acids is 1. The molecule has 1 saturated carbocycles. The van der Waals surface area contributed by atoms with Gasteiger partial charge in [-0.25, -0.2) is 0 Å². The molecule has 1 nitrogen and oxygen atoms in total. The van der Waals surface area contributed by atoms with Crippen molar-refractivity contribution >= 4 is 16.8 Å². The van der Waals surface area contributed by atoms with Gasteiger partial charge in [0.25, 0.3) is 0 Å². The largest absolute Gasteiger partial charge is 0.281 e. The molecule has 0 unspecified atom stereocenters. The van der Waals surface area contributed by atoms with Crippen molar-refractivity contribution in [3.63, 3.8) is 0 Å². The number of carbonyl (C=O) groups is 1. The van der Waals surface area contributed by atoms with E-state index in [4.69, 9.17) is 11.6 Å². The lowest BCUT2D eigenvalue weighted by atomic mass is 9.90. The Morgan fingerprint density at radius 2 is 1.70 bits per heavy atom. The standard InChI is InChI=1S/C7H11ClO.CH4/c8-7(9)6-4-2-1-3-5-6;/h6H,1-5H2;1H4. The van der Waals surface area contributed by atoms with E-state index in [0.29, 0.717) is 0 Å². The summed E-state index contributed by atoms with van der Waals surface area (Å²) in [6.45, 7) is 0. The van der Waals surface area contributed by atoms with E-state index < -0.39 is 0 Å². The van der Waals surface area contributed by atoms with Crippen molar-refractivity contribution in [3.05, 3.63) is 0 Å². The minimum atomic E-state index is -0.130. The van der Waals surface area contributed by atoms with E-state index in [2.05, 4.69) is 0 Å². The second-order valence-electron chi connectivity index (χ2n) is 2.64. The Hall–Kier alpha value is -0.0400. The van der Waals surface area contributed by atoms with E-state index in [0.717, 1.165) is 12.8 Å². The summed E-state index contributed by atoms with van der Waals surface area (Å²) in [5.74, 6) is 0.181.